The summed E-state index contributed by atoms with van der Waals surface area (Å²) in [4.78, 5) is 21.2. The third-order valence-corrected chi connectivity index (χ3v) is 4.46. The van der Waals surface area contributed by atoms with Gasteiger partial charge in [-0.3, -0.25) is 4.79 Å². The van der Waals surface area contributed by atoms with E-state index in [9.17, 15) is 4.79 Å². The lowest BCUT2D eigenvalue weighted by atomic mass is 10.1. The number of allylic oxidation sites excluding steroid dienone is 3. The fourth-order valence-electron chi connectivity index (χ4n) is 2.99. The SMILES string of the molecule is COc1cccc(Nc2nccc(-c3cccc(NC(=O)C4=CC=CC4)c3)n2)c1. The van der Waals surface area contributed by atoms with E-state index in [-0.39, 0.29) is 5.91 Å². The summed E-state index contributed by atoms with van der Waals surface area (Å²) in [7, 11) is 1.63. The van der Waals surface area contributed by atoms with Gasteiger partial charge in [-0.25, -0.2) is 9.97 Å². The third kappa shape index (κ3) is 4.50. The molecule has 0 fully saturated rings. The van der Waals surface area contributed by atoms with E-state index in [1.165, 1.54) is 0 Å². The molecule has 3 aromatic rings. The molecule has 1 amide bonds. The van der Waals surface area contributed by atoms with Gasteiger partial charge in [-0.2, -0.15) is 0 Å². The van der Waals surface area contributed by atoms with E-state index in [4.69, 9.17) is 4.74 Å². The molecule has 0 aliphatic heterocycles. The van der Waals surface area contributed by atoms with Crippen LogP contribution in [-0.2, 0) is 4.79 Å². The fourth-order valence-corrected chi connectivity index (χ4v) is 2.99. The van der Waals surface area contributed by atoms with Crippen LogP contribution < -0.4 is 15.4 Å². The molecular weight excluding hydrogens is 364 g/mol. The van der Waals surface area contributed by atoms with Gasteiger partial charge in [0.25, 0.3) is 5.91 Å². The quantitative estimate of drug-likeness (QED) is 0.643. The molecule has 6 nitrogen and oxygen atoms in total. The number of benzene rings is 2. The summed E-state index contributed by atoms with van der Waals surface area (Å²) in [6, 6.07) is 17.0. The van der Waals surface area contributed by atoms with E-state index in [0.717, 1.165) is 34.0 Å². The predicted molar refractivity (Wildman–Crippen MR) is 114 cm³/mol. The molecule has 0 saturated heterocycles. The maximum Gasteiger partial charge on any atom is 0.251 e. The highest BCUT2D eigenvalue weighted by Gasteiger charge is 2.11. The second kappa shape index (κ2) is 8.39. The molecule has 1 aliphatic carbocycles. The average molecular weight is 384 g/mol. The summed E-state index contributed by atoms with van der Waals surface area (Å²) in [6.07, 6.45) is 8.05. The van der Waals surface area contributed by atoms with Gasteiger partial charge >= 0.3 is 0 Å². The molecule has 0 spiro atoms. The smallest absolute Gasteiger partial charge is 0.251 e. The van der Waals surface area contributed by atoms with Crippen LogP contribution in [0.1, 0.15) is 6.42 Å². The zero-order valence-electron chi connectivity index (χ0n) is 15.9. The fraction of sp³-hybridized carbons (Fsp3) is 0.0870. The molecule has 1 aliphatic rings. The van der Waals surface area contributed by atoms with Crippen molar-refractivity contribution in [2.75, 3.05) is 17.7 Å². The standard InChI is InChI=1S/C23H20N4O2/c1-29-20-11-5-10-19(15-20)26-23-24-13-12-21(27-23)17-8-4-9-18(14-17)25-22(28)16-6-2-3-7-16/h2-6,8-15H,7H2,1H3,(H,25,28)(H,24,26,27). The zero-order chi connectivity index (χ0) is 20.1. The van der Waals surface area contributed by atoms with E-state index >= 15 is 0 Å². The molecule has 0 atom stereocenters. The Morgan fingerprint density at radius 1 is 1.07 bits per heavy atom. The van der Waals surface area contributed by atoms with Crippen molar-refractivity contribution in [3.05, 3.63) is 84.6 Å². The summed E-state index contributed by atoms with van der Waals surface area (Å²) in [5.41, 5.74) is 3.95. The van der Waals surface area contributed by atoms with E-state index in [1.54, 1.807) is 13.3 Å². The largest absolute Gasteiger partial charge is 0.497 e. The van der Waals surface area contributed by atoms with Crippen LogP contribution in [0.2, 0.25) is 0 Å². The number of carbonyl (C=O) groups excluding carboxylic acids is 1. The minimum absolute atomic E-state index is 0.0878. The number of rotatable bonds is 6. The molecule has 2 N–H and O–H groups in total. The second-order valence-corrected chi connectivity index (χ2v) is 6.48. The minimum atomic E-state index is -0.0878. The maximum absolute atomic E-state index is 12.3. The van der Waals surface area contributed by atoms with Crippen molar-refractivity contribution in [3.63, 3.8) is 0 Å². The molecule has 0 bridgehead atoms. The summed E-state index contributed by atoms with van der Waals surface area (Å²) in [5.74, 6) is 1.14. The number of ether oxygens (including phenoxy) is 1. The lowest BCUT2D eigenvalue weighted by Gasteiger charge is -2.10. The molecule has 1 heterocycles. The number of nitrogens with one attached hydrogen (secondary N) is 2. The average Bonchev–Trinajstić information content (AvgIpc) is 3.29. The van der Waals surface area contributed by atoms with Gasteiger partial charge in [-0.05, 0) is 36.8 Å². The number of hydrogen-bond acceptors (Lipinski definition) is 5. The van der Waals surface area contributed by atoms with Crippen molar-refractivity contribution in [3.8, 4) is 17.0 Å². The molecule has 144 valence electrons. The third-order valence-electron chi connectivity index (χ3n) is 4.46. The highest BCUT2D eigenvalue weighted by Crippen LogP contribution is 2.24. The first-order valence-electron chi connectivity index (χ1n) is 9.23. The summed E-state index contributed by atoms with van der Waals surface area (Å²) in [5, 5.41) is 6.13. The number of aromatic nitrogens is 2. The highest BCUT2D eigenvalue weighted by molar-refractivity contribution is 6.04. The van der Waals surface area contributed by atoms with Gasteiger partial charge in [0.1, 0.15) is 5.75 Å². The molecule has 0 radical (unpaired) electrons. The number of methoxy groups -OCH3 is 1. The Morgan fingerprint density at radius 2 is 1.93 bits per heavy atom. The number of amides is 1. The molecule has 6 heteroatoms. The van der Waals surface area contributed by atoms with Crippen molar-refractivity contribution in [2.45, 2.75) is 6.42 Å². The number of anilines is 3. The summed E-state index contributed by atoms with van der Waals surface area (Å²) in [6.45, 7) is 0. The Bertz CT molecular complexity index is 1110. The number of hydrogen-bond donors (Lipinski definition) is 2. The van der Waals surface area contributed by atoms with Crippen molar-refractivity contribution in [2.24, 2.45) is 0 Å². The predicted octanol–water partition coefficient (Wildman–Crippen LogP) is 4.72. The van der Waals surface area contributed by atoms with E-state index in [1.807, 2.05) is 72.8 Å². The molecule has 4 rings (SSSR count). The van der Waals surface area contributed by atoms with Crippen LogP contribution in [0, 0.1) is 0 Å². The van der Waals surface area contributed by atoms with Crippen LogP contribution in [0.4, 0.5) is 17.3 Å². The monoisotopic (exact) mass is 384 g/mol. The summed E-state index contributed by atoms with van der Waals surface area (Å²) < 4.78 is 5.24. The Hall–Kier alpha value is -3.93. The maximum atomic E-state index is 12.3. The summed E-state index contributed by atoms with van der Waals surface area (Å²) >= 11 is 0. The first-order chi connectivity index (χ1) is 14.2. The Morgan fingerprint density at radius 3 is 2.76 bits per heavy atom. The van der Waals surface area contributed by atoms with E-state index in [2.05, 4.69) is 20.6 Å². The molecule has 29 heavy (non-hydrogen) atoms. The van der Waals surface area contributed by atoms with Gasteiger partial charge in [0.05, 0.1) is 12.8 Å². The van der Waals surface area contributed by atoms with Gasteiger partial charge in [-0.1, -0.05) is 36.4 Å². The van der Waals surface area contributed by atoms with Gasteiger partial charge in [-0.15, -0.1) is 0 Å². The van der Waals surface area contributed by atoms with E-state index in [0.29, 0.717) is 12.4 Å². The van der Waals surface area contributed by atoms with Crippen molar-refractivity contribution >= 4 is 23.2 Å². The van der Waals surface area contributed by atoms with Crippen molar-refractivity contribution in [1.82, 2.24) is 9.97 Å². The van der Waals surface area contributed by atoms with Crippen LogP contribution in [-0.4, -0.2) is 23.0 Å². The highest BCUT2D eigenvalue weighted by atomic mass is 16.5. The van der Waals surface area contributed by atoms with E-state index < -0.39 is 0 Å². The van der Waals surface area contributed by atoms with Gasteiger partial charge in [0.15, 0.2) is 0 Å². The van der Waals surface area contributed by atoms with Gasteiger partial charge < -0.3 is 15.4 Å². The van der Waals surface area contributed by atoms with Crippen LogP contribution in [0.15, 0.2) is 84.6 Å². The van der Waals surface area contributed by atoms with Crippen LogP contribution in [0.3, 0.4) is 0 Å². The lowest BCUT2D eigenvalue weighted by Crippen LogP contribution is -2.13. The molecule has 2 aromatic carbocycles. The topological polar surface area (TPSA) is 76.1 Å². The first-order valence-corrected chi connectivity index (χ1v) is 9.23. The van der Waals surface area contributed by atoms with Crippen molar-refractivity contribution < 1.29 is 9.53 Å². The van der Waals surface area contributed by atoms with Crippen molar-refractivity contribution in [1.29, 1.82) is 0 Å². The second-order valence-electron chi connectivity index (χ2n) is 6.48. The molecule has 0 unspecified atom stereocenters. The number of nitrogens with zero attached hydrogens (tertiary/aromatic N) is 2. The Kier molecular flexibility index (Phi) is 5.33. The Labute approximate surface area is 169 Å². The van der Waals surface area contributed by atoms with Crippen LogP contribution in [0.5, 0.6) is 5.75 Å². The normalized spacial score (nSPS) is 12.4. The van der Waals surface area contributed by atoms with Gasteiger partial charge in [0.2, 0.25) is 5.95 Å². The molecular formula is C23H20N4O2. The number of carbonyl (C=O) groups is 1. The Balaban J connectivity index is 1.52. The lowest BCUT2D eigenvalue weighted by molar-refractivity contribution is -0.112. The van der Waals surface area contributed by atoms with Crippen LogP contribution >= 0.6 is 0 Å². The zero-order valence-corrected chi connectivity index (χ0v) is 15.9. The van der Waals surface area contributed by atoms with Crippen LogP contribution in [0.25, 0.3) is 11.3 Å². The molecule has 0 saturated carbocycles. The first kappa shape index (κ1) is 18.4. The van der Waals surface area contributed by atoms with Gasteiger partial charge in [0, 0.05) is 34.8 Å². The minimum Gasteiger partial charge on any atom is -0.497 e. The molecule has 1 aromatic heterocycles.